The number of likely N-dealkylation sites (N-methyl/N-ethyl adjacent to an activating group) is 1. The van der Waals surface area contributed by atoms with Crippen molar-refractivity contribution in [2.24, 2.45) is 4.99 Å². The van der Waals surface area contributed by atoms with Gasteiger partial charge in [0.15, 0.2) is 5.96 Å². The molecule has 0 radical (unpaired) electrons. The van der Waals surface area contributed by atoms with Crippen molar-refractivity contribution in [3.8, 4) is 5.75 Å². The van der Waals surface area contributed by atoms with Crippen LogP contribution in [-0.2, 0) is 6.54 Å². The number of nitrogens with one attached hydrogen (secondary N) is 1. The minimum Gasteiger partial charge on any atom is -0.496 e. The lowest BCUT2D eigenvalue weighted by Gasteiger charge is -2.37. The minimum atomic E-state index is 0.491. The molecule has 0 aliphatic carbocycles. The predicted octanol–water partition coefficient (Wildman–Crippen LogP) is 1.34. The molecule has 1 aliphatic heterocycles. The SMILES string of the molecule is CN=C(NCC(C)N1CCN(C)CC1)N(C)Cc1ccccc1OC. The van der Waals surface area contributed by atoms with Gasteiger partial charge in [0.2, 0.25) is 0 Å². The quantitative estimate of drug-likeness (QED) is 0.621. The largest absolute Gasteiger partial charge is 0.496 e. The van der Waals surface area contributed by atoms with Crippen molar-refractivity contribution in [2.75, 3.05) is 61.0 Å². The van der Waals surface area contributed by atoms with Crippen LogP contribution in [0, 0.1) is 0 Å². The topological polar surface area (TPSA) is 43.3 Å². The summed E-state index contributed by atoms with van der Waals surface area (Å²) < 4.78 is 5.45. The lowest BCUT2D eigenvalue weighted by molar-refractivity contribution is 0.119. The van der Waals surface area contributed by atoms with Crippen molar-refractivity contribution in [2.45, 2.75) is 19.5 Å². The van der Waals surface area contributed by atoms with Crippen molar-refractivity contribution >= 4 is 5.96 Å². The van der Waals surface area contributed by atoms with E-state index < -0.39 is 0 Å². The Morgan fingerprint density at radius 2 is 1.96 bits per heavy atom. The van der Waals surface area contributed by atoms with E-state index >= 15 is 0 Å². The zero-order valence-electron chi connectivity index (χ0n) is 16.3. The van der Waals surface area contributed by atoms with Crippen LogP contribution in [0.3, 0.4) is 0 Å². The number of nitrogens with zero attached hydrogens (tertiary/aromatic N) is 4. The maximum absolute atomic E-state index is 5.45. The fourth-order valence-corrected chi connectivity index (χ4v) is 3.18. The number of aliphatic imine (C=N–C) groups is 1. The molecule has 25 heavy (non-hydrogen) atoms. The van der Waals surface area contributed by atoms with Crippen molar-refractivity contribution in [3.63, 3.8) is 0 Å². The van der Waals surface area contributed by atoms with Crippen LogP contribution >= 0.6 is 0 Å². The fraction of sp³-hybridized carbons (Fsp3) is 0.632. The normalized spacial score (nSPS) is 18.0. The van der Waals surface area contributed by atoms with Gasteiger partial charge in [-0.1, -0.05) is 18.2 Å². The number of hydrogen-bond acceptors (Lipinski definition) is 4. The zero-order valence-corrected chi connectivity index (χ0v) is 16.3. The van der Waals surface area contributed by atoms with Crippen molar-refractivity contribution in [3.05, 3.63) is 29.8 Å². The molecule has 0 aromatic heterocycles. The molecule has 1 aromatic carbocycles. The van der Waals surface area contributed by atoms with Crippen LogP contribution in [0.5, 0.6) is 5.75 Å². The van der Waals surface area contributed by atoms with Gasteiger partial charge in [-0.15, -0.1) is 0 Å². The first-order chi connectivity index (χ1) is 12.0. The van der Waals surface area contributed by atoms with Gasteiger partial charge >= 0.3 is 0 Å². The maximum atomic E-state index is 5.45. The van der Waals surface area contributed by atoms with Crippen molar-refractivity contribution < 1.29 is 4.74 Å². The van der Waals surface area contributed by atoms with Gasteiger partial charge in [0.1, 0.15) is 5.75 Å². The summed E-state index contributed by atoms with van der Waals surface area (Å²) in [5, 5.41) is 3.52. The Labute approximate surface area is 152 Å². The van der Waals surface area contributed by atoms with E-state index in [0.717, 1.165) is 56.5 Å². The summed E-state index contributed by atoms with van der Waals surface area (Å²) in [7, 11) is 7.79. The van der Waals surface area contributed by atoms with Crippen molar-refractivity contribution in [1.82, 2.24) is 20.0 Å². The standard InChI is InChI=1S/C19H33N5O/c1-16(24-12-10-22(3)11-13-24)14-21-19(20-2)23(4)15-17-8-6-7-9-18(17)25-5/h6-9,16H,10-15H2,1-5H3,(H,20,21). The van der Waals surface area contributed by atoms with Crippen LogP contribution in [0.4, 0.5) is 0 Å². The highest BCUT2D eigenvalue weighted by atomic mass is 16.5. The maximum Gasteiger partial charge on any atom is 0.193 e. The molecule has 0 bridgehead atoms. The number of rotatable bonds is 6. The molecule has 1 aliphatic rings. The molecule has 1 N–H and O–H groups in total. The Balaban J connectivity index is 1.86. The fourth-order valence-electron chi connectivity index (χ4n) is 3.18. The number of benzene rings is 1. The lowest BCUT2D eigenvalue weighted by atomic mass is 10.2. The predicted molar refractivity (Wildman–Crippen MR) is 104 cm³/mol. The third kappa shape index (κ3) is 5.61. The smallest absolute Gasteiger partial charge is 0.193 e. The minimum absolute atomic E-state index is 0.491. The van der Waals surface area contributed by atoms with Gasteiger partial charge in [-0.05, 0) is 20.0 Å². The van der Waals surface area contributed by atoms with E-state index in [2.05, 4.69) is 52.1 Å². The molecule has 1 aromatic rings. The average Bonchev–Trinajstić information content (AvgIpc) is 2.63. The first kappa shape index (κ1) is 19.5. The molecule has 2 rings (SSSR count). The van der Waals surface area contributed by atoms with E-state index in [4.69, 9.17) is 4.74 Å². The third-order valence-corrected chi connectivity index (χ3v) is 4.89. The number of ether oxygens (including phenoxy) is 1. The average molecular weight is 348 g/mol. The molecule has 1 fully saturated rings. The van der Waals surface area contributed by atoms with Crippen LogP contribution in [0.25, 0.3) is 0 Å². The number of guanidine groups is 1. The third-order valence-electron chi connectivity index (χ3n) is 4.89. The van der Waals surface area contributed by atoms with Gasteiger partial charge in [0, 0.05) is 65.0 Å². The summed E-state index contributed by atoms with van der Waals surface area (Å²) in [5.74, 6) is 1.82. The molecule has 0 amide bonds. The van der Waals surface area contributed by atoms with Crippen LogP contribution in [0.2, 0.25) is 0 Å². The zero-order chi connectivity index (χ0) is 18.2. The lowest BCUT2D eigenvalue weighted by Crippen LogP contribution is -2.52. The molecule has 140 valence electrons. The highest BCUT2D eigenvalue weighted by Gasteiger charge is 2.19. The molecule has 0 spiro atoms. The van der Waals surface area contributed by atoms with Gasteiger partial charge in [0.25, 0.3) is 0 Å². The molecular formula is C19H33N5O. The summed E-state index contributed by atoms with van der Waals surface area (Å²) in [4.78, 5) is 11.5. The van der Waals surface area contributed by atoms with Crippen molar-refractivity contribution in [1.29, 1.82) is 0 Å². The molecule has 0 saturated carbocycles. The Morgan fingerprint density at radius 1 is 1.28 bits per heavy atom. The van der Waals surface area contributed by atoms with Gasteiger partial charge in [-0.25, -0.2) is 0 Å². The van der Waals surface area contributed by atoms with Crippen LogP contribution in [0.15, 0.2) is 29.3 Å². The molecule has 1 heterocycles. The summed E-state index contributed by atoms with van der Waals surface area (Å²) in [6.07, 6.45) is 0. The highest BCUT2D eigenvalue weighted by molar-refractivity contribution is 5.79. The molecule has 6 nitrogen and oxygen atoms in total. The highest BCUT2D eigenvalue weighted by Crippen LogP contribution is 2.18. The molecular weight excluding hydrogens is 314 g/mol. The second-order valence-electron chi connectivity index (χ2n) is 6.78. The summed E-state index contributed by atoms with van der Waals surface area (Å²) >= 11 is 0. The van der Waals surface area contributed by atoms with E-state index in [-0.39, 0.29) is 0 Å². The van der Waals surface area contributed by atoms with Gasteiger partial charge in [-0.2, -0.15) is 0 Å². The molecule has 6 heteroatoms. The molecule has 1 saturated heterocycles. The Morgan fingerprint density at radius 3 is 2.60 bits per heavy atom. The van der Waals surface area contributed by atoms with Crippen LogP contribution < -0.4 is 10.1 Å². The van der Waals surface area contributed by atoms with E-state index in [1.165, 1.54) is 0 Å². The summed E-state index contributed by atoms with van der Waals surface area (Å²) in [6.45, 7) is 8.49. The number of methoxy groups -OCH3 is 1. The number of hydrogen-bond donors (Lipinski definition) is 1. The van der Waals surface area contributed by atoms with Crippen LogP contribution in [0.1, 0.15) is 12.5 Å². The van der Waals surface area contributed by atoms with Crippen LogP contribution in [-0.4, -0.2) is 87.7 Å². The van der Waals surface area contributed by atoms with Gasteiger partial charge in [-0.3, -0.25) is 9.89 Å². The van der Waals surface area contributed by atoms with E-state index in [9.17, 15) is 0 Å². The summed E-state index contributed by atoms with van der Waals surface area (Å²) in [5.41, 5.74) is 1.16. The second-order valence-corrected chi connectivity index (χ2v) is 6.78. The number of piperazine rings is 1. The summed E-state index contributed by atoms with van der Waals surface area (Å²) in [6, 6.07) is 8.61. The first-order valence-corrected chi connectivity index (χ1v) is 9.01. The Bertz CT molecular complexity index is 555. The monoisotopic (exact) mass is 347 g/mol. The first-order valence-electron chi connectivity index (χ1n) is 9.01. The molecule has 1 unspecified atom stereocenters. The Kier molecular flexibility index (Phi) is 7.52. The van der Waals surface area contributed by atoms with Gasteiger partial charge < -0.3 is 19.9 Å². The Hall–Kier alpha value is -1.79. The van der Waals surface area contributed by atoms with E-state index in [1.807, 2.05) is 25.2 Å². The molecule has 1 atom stereocenters. The number of para-hydroxylation sites is 1. The van der Waals surface area contributed by atoms with Gasteiger partial charge in [0.05, 0.1) is 7.11 Å². The second kappa shape index (κ2) is 9.63. The van der Waals surface area contributed by atoms with E-state index in [1.54, 1.807) is 7.11 Å². The van der Waals surface area contributed by atoms with E-state index in [0.29, 0.717) is 6.04 Å².